The summed E-state index contributed by atoms with van der Waals surface area (Å²) in [5.74, 6) is 0.286. The molecule has 0 N–H and O–H groups in total. The van der Waals surface area contributed by atoms with E-state index in [1.165, 1.54) is 21.9 Å². The van der Waals surface area contributed by atoms with E-state index >= 15 is 0 Å². The van der Waals surface area contributed by atoms with Gasteiger partial charge in [-0.15, -0.1) is 11.3 Å². The Balaban J connectivity index is 1.60. The van der Waals surface area contributed by atoms with Gasteiger partial charge in [-0.3, -0.25) is 4.79 Å². The summed E-state index contributed by atoms with van der Waals surface area (Å²) in [6, 6.07) is 7.99. The fourth-order valence-electron chi connectivity index (χ4n) is 3.53. The van der Waals surface area contributed by atoms with Crippen molar-refractivity contribution in [2.45, 2.75) is 39.3 Å². The average Bonchev–Trinajstić information content (AvgIpc) is 3.08. The van der Waals surface area contributed by atoms with E-state index in [0.717, 1.165) is 11.6 Å². The number of benzene rings is 1. The van der Waals surface area contributed by atoms with Gasteiger partial charge in [0.15, 0.2) is 0 Å². The lowest BCUT2D eigenvalue weighted by Gasteiger charge is -2.37. The molecule has 1 aliphatic rings. The van der Waals surface area contributed by atoms with Crippen molar-refractivity contribution in [3.8, 4) is 0 Å². The van der Waals surface area contributed by atoms with Crippen LogP contribution in [0, 0.1) is 13.8 Å². The number of carbonyl (C=O) groups is 1. The third-order valence-electron chi connectivity index (χ3n) is 5.24. The highest BCUT2D eigenvalue weighted by molar-refractivity contribution is 7.12. The molecule has 1 fully saturated rings. The Kier molecular flexibility index (Phi) is 6.03. The molecule has 1 aromatic heterocycles. The van der Waals surface area contributed by atoms with Gasteiger partial charge < -0.3 is 9.80 Å². The lowest BCUT2D eigenvalue weighted by Crippen LogP contribution is -2.49. The van der Waals surface area contributed by atoms with Crippen molar-refractivity contribution < 1.29 is 18.0 Å². The van der Waals surface area contributed by atoms with E-state index < -0.39 is 11.7 Å². The first kappa shape index (κ1) is 20.7. The van der Waals surface area contributed by atoms with E-state index in [0.29, 0.717) is 38.3 Å². The molecule has 1 aromatic carbocycles. The number of rotatable bonds is 4. The Morgan fingerprint density at radius 3 is 2.36 bits per heavy atom. The molecular weight excluding hydrogens is 385 g/mol. The number of hydrogen-bond acceptors (Lipinski definition) is 3. The number of amides is 1. The second kappa shape index (κ2) is 8.15. The highest BCUT2D eigenvalue weighted by Gasteiger charge is 2.32. The number of alkyl halides is 3. The highest BCUT2D eigenvalue weighted by atomic mass is 32.1. The van der Waals surface area contributed by atoms with Gasteiger partial charge >= 0.3 is 6.18 Å². The molecule has 28 heavy (non-hydrogen) atoms. The molecule has 0 saturated carbocycles. The smallest absolute Gasteiger partial charge is 0.368 e. The fourth-order valence-corrected chi connectivity index (χ4v) is 4.46. The predicted octanol–water partition coefficient (Wildman–Crippen LogP) is 5.23. The Labute approximate surface area is 167 Å². The molecule has 0 aliphatic carbocycles. The van der Waals surface area contributed by atoms with E-state index in [1.54, 1.807) is 11.3 Å². The molecule has 7 heteroatoms. The van der Waals surface area contributed by atoms with E-state index in [9.17, 15) is 18.0 Å². The van der Waals surface area contributed by atoms with Crippen LogP contribution in [0.25, 0.3) is 0 Å². The van der Waals surface area contributed by atoms with Gasteiger partial charge in [-0.2, -0.15) is 13.2 Å². The average molecular weight is 411 g/mol. The molecule has 0 bridgehead atoms. The van der Waals surface area contributed by atoms with Gasteiger partial charge in [-0.25, -0.2) is 0 Å². The van der Waals surface area contributed by atoms with Gasteiger partial charge in [-0.05, 0) is 49.6 Å². The number of anilines is 1. The Morgan fingerprint density at radius 2 is 1.79 bits per heavy atom. The van der Waals surface area contributed by atoms with Gasteiger partial charge in [-0.1, -0.05) is 13.0 Å². The van der Waals surface area contributed by atoms with Crippen LogP contribution in [0.1, 0.15) is 40.1 Å². The third kappa shape index (κ3) is 4.69. The van der Waals surface area contributed by atoms with Crippen LogP contribution in [0.4, 0.5) is 18.9 Å². The standard InChI is InChI=1S/C21H25F3N2OS/c1-14-4-6-17(21(22,23)24)13-18(14)25-8-10-26(11-9-25)20(27)12-15(2)19-7-5-16(3)28-19/h4-7,13,15H,8-12H2,1-3H3/t15-/m1/s1. The lowest BCUT2D eigenvalue weighted by atomic mass is 10.0. The van der Waals surface area contributed by atoms with Crippen molar-refractivity contribution in [2.24, 2.45) is 0 Å². The minimum absolute atomic E-state index is 0.110. The normalized spacial score (nSPS) is 16.4. The Bertz CT molecular complexity index is 838. The fraction of sp³-hybridized carbons (Fsp3) is 0.476. The zero-order chi connectivity index (χ0) is 20.5. The van der Waals surface area contributed by atoms with E-state index in [-0.39, 0.29) is 11.8 Å². The second-order valence-electron chi connectivity index (χ2n) is 7.42. The summed E-state index contributed by atoms with van der Waals surface area (Å²) in [6.07, 6.45) is -3.89. The molecular formula is C21H25F3N2OS. The third-order valence-corrected chi connectivity index (χ3v) is 6.47. The van der Waals surface area contributed by atoms with Gasteiger partial charge in [0, 0.05) is 48.0 Å². The number of halogens is 3. The van der Waals surface area contributed by atoms with Crippen LogP contribution < -0.4 is 4.90 Å². The van der Waals surface area contributed by atoms with Crippen molar-refractivity contribution in [3.05, 3.63) is 51.2 Å². The second-order valence-corrected chi connectivity index (χ2v) is 8.74. The molecule has 0 spiro atoms. The van der Waals surface area contributed by atoms with Crippen LogP contribution in [0.2, 0.25) is 0 Å². The molecule has 1 saturated heterocycles. The maximum Gasteiger partial charge on any atom is 0.416 e. The lowest BCUT2D eigenvalue weighted by molar-refractivity contribution is -0.137. The summed E-state index contributed by atoms with van der Waals surface area (Å²) in [4.78, 5) is 18.9. The molecule has 0 radical (unpaired) electrons. The van der Waals surface area contributed by atoms with Crippen molar-refractivity contribution >= 4 is 22.9 Å². The minimum Gasteiger partial charge on any atom is -0.368 e. The molecule has 1 atom stereocenters. The summed E-state index contributed by atoms with van der Waals surface area (Å²) in [7, 11) is 0. The van der Waals surface area contributed by atoms with E-state index in [4.69, 9.17) is 0 Å². The van der Waals surface area contributed by atoms with Crippen LogP contribution in [0.3, 0.4) is 0 Å². The number of carbonyl (C=O) groups excluding carboxylic acids is 1. The summed E-state index contributed by atoms with van der Waals surface area (Å²) >= 11 is 1.72. The monoisotopic (exact) mass is 410 g/mol. The van der Waals surface area contributed by atoms with Crippen LogP contribution in [0.5, 0.6) is 0 Å². The maximum absolute atomic E-state index is 13.0. The maximum atomic E-state index is 13.0. The molecule has 152 valence electrons. The van der Waals surface area contributed by atoms with Gasteiger partial charge in [0.1, 0.15) is 0 Å². The van der Waals surface area contributed by atoms with Crippen LogP contribution in [0.15, 0.2) is 30.3 Å². The minimum atomic E-state index is -4.35. The van der Waals surface area contributed by atoms with Gasteiger partial charge in [0.05, 0.1) is 5.56 Å². The number of hydrogen-bond donors (Lipinski definition) is 0. The summed E-state index contributed by atoms with van der Waals surface area (Å²) in [5.41, 5.74) is 0.783. The van der Waals surface area contributed by atoms with E-state index in [1.807, 2.05) is 16.7 Å². The Morgan fingerprint density at radius 1 is 1.11 bits per heavy atom. The summed E-state index contributed by atoms with van der Waals surface area (Å²) in [6.45, 7) is 8.08. The first-order chi connectivity index (χ1) is 13.1. The molecule has 2 heterocycles. The first-order valence-corrected chi connectivity index (χ1v) is 10.2. The van der Waals surface area contributed by atoms with Gasteiger partial charge in [0.25, 0.3) is 0 Å². The molecule has 2 aromatic rings. The largest absolute Gasteiger partial charge is 0.416 e. The number of piperazine rings is 1. The van der Waals surface area contributed by atoms with Crippen molar-refractivity contribution in [2.75, 3.05) is 31.1 Å². The number of aryl methyl sites for hydroxylation is 2. The predicted molar refractivity (Wildman–Crippen MR) is 107 cm³/mol. The van der Waals surface area contributed by atoms with Crippen molar-refractivity contribution in [3.63, 3.8) is 0 Å². The van der Waals surface area contributed by atoms with Crippen molar-refractivity contribution in [1.82, 2.24) is 4.90 Å². The van der Waals surface area contributed by atoms with Crippen LogP contribution in [-0.2, 0) is 11.0 Å². The molecule has 3 rings (SSSR count). The first-order valence-electron chi connectivity index (χ1n) is 9.42. The van der Waals surface area contributed by atoms with Crippen LogP contribution in [-0.4, -0.2) is 37.0 Å². The topological polar surface area (TPSA) is 23.6 Å². The molecule has 0 unspecified atom stereocenters. The SMILES string of the molecule is Cc1ccc([C@H](C)CC(=O)N2CCN(c3cc(C(F)(F)F)ccc3C)CC2)s1. The number of nitrogens with zero attached hydrogens (tertiary/aromatic N) is 2. The molecule has 1 aliphatic heterocycles. The van der Waals surface area contributed by atoms with Gasteiger partial charge in [0.2, 0.25) is 5.91 Å². The zero-order valence-corrected chi connectivity index (χ0v) is 17.2. The Hall–Kier alpha value is -2.02. The number of thiophene rings is 1. The van der Waals surface area contributed by atoms with Crippen LogP contribution >= 0.6 is 11.3 Å². The quantitative estimate of drug-likeness (QED) is 0.689. The molecule has 3 nitrogen and oxygen atoms in total. The van der Waals surface area contributed by atoms with E-state index in [2.05, 4.69) is 26.0 Å². The van der Waals surface area contributed by atoms with Crippen molar-refractivity contribution in [1.29, 1.82) is 0 Å². The summed E-state index contributed by atoms with van der Waals surface area (Å²) < 4.78 is 39.1. The highest BCUT2D eigenvalue weighted by Crippen LogP contribution is 2.34. The summed E-state index contributed by atoms with van der Waals surface area (Å²) in [5, 5.41) is 0. The molecule has 1 amide bonds. The zero-order valence-electron chi connectivity index (χ0n) is 16.3.